The van der Waals surface area contributed by atoms with Crippen molar-refractivity contribution >= 4 is 11.7 Å². The highest BCUT2D eigenvalue weighted by Gasteiger charge is 2.31. The molecule has 1 aliphatic rings. The molecule has 2 rings (SSSR count). The molecule has 1 heterocycles. The molecule has 0 aliphatic carbocycles. The van der Waals surface area contributed by atoms with E-state index in [-0.39, 0.29) is 11.9 Å². The van der Waals surface area contributed by atoms with E-state index in [2.05, 4.69) is 28.4 Å². The molecule has 0 spiro atoms. The lowest BCUT2D eigenvalue weighted by Crippen LogP contribution is -2.30. The van der Waals surface area contributed by atoms with E-state index in [4.69, 9.17) is 4.74 Å². The minimum atomic E-state index is -0.400. The summed E-state index contributed by atoms with van der Waals surface area (Å²) in [5.74, 6) is -0.0575. The number of nitrogens with one attached hydrogen (secondary N) is 1. The molecule has 1 aromatic carbocycles. The Balaban J connectivity index is 1.92. The Morgan fingerprint density at radius 3 is 2.76 bits per heavy atom. The van der Waals surface area contributed by atoms with Crippen LogP contribution in [0.5, 0.6) is 0 Å². The van der Waals surface area contributed by atoms with Gasteiger partial charge in [-0.2, -0.15) is 0 Å². The molecule has 1 aromatic rings. The number of anilines is 1. The maximum atomic E-state index is 12.1. The van der Waals surface area contributed by atoms with Gasteiger partial charge in [-0.25, -0.2) is 0 Å². The van der Waals surface area contributed by atoms with Crippen LogP contribution in [-0.4, -0.2) is 36.6 Å². The molecule has 0 amide bonds. The van der Waals surface area contributed by atoms with Crippen molar-refractivity contribution in [2.24, 2.45) is 5.92 Å². The number of para-hydroxylation sites is 1. The summed E-state index contributed by atoms with van der Waals surface area (Å²) in [5.41, 5.74) is 2.02. The van der Waals surface area contributed by atoms with Gasteiger partial charge in [0, 0.05) is 25.8 Å². The highest BCUT2D eigenvalue weighted by atomic mass is 16.6. The monoisotopic (exact) mass is 290 g/mol. The van der Waals surface area contributed by atoms with Gasteiger partial charge in [0.15, 0.2) is 0 Å². The van der Waals surface area contributed by atoms with E-state index >= 15 is 0 Å². The number of esters is 1. The summed E-state index contributed by atoms with van der Waals surface area (Å²) in [6.07, 6.45) is 0.886. The number of hydrogen-bond donors (Lipinski definition) is 1. The zero-order valence-electron chi connectivity index (χ0n) is 13.5. The first-order valence-electron chi connectivity index (χ1n) is 7.60. The van der Waals surface area contributed by atoms with Crippen LogP contribution in [0.1, 0.15) is 32.8 Å². The molecule has 116 valence electrons. The largest absolute Gasteiger partial charge is 0.460 e. The van der Waals surface area contributed by atoms with Crippen LogP contribution in [-0.2, 0) is 16.1 Å². The summed E-state index contributed by atoms with van der Waals surface area (Å²) < 4.78 is 5.49. The minimum Gasteiger partial charge on any atom is -0.460 e. The maximum Gasteiger partial charge on any atom is 0.310 e. The average molecular weight is 290 g/mol. The van der Waals surface area contributed by atoms with Crippen LogP contribution in [0.2, 0.25) is 0 Å². The second-order valence-corrected chi connectivity index (χ2v) is 6.66. The summed E-state index contributed by atoms with van der Waals surface area (Å²) in [4.78, 5) is 14.4. The Morgan fingerprint density at radius 2 is 2.10 bits per heavy atom. The number of benzene rings is 1. The van der Waals surface area contributed by atoms with Crippen LogP contribution in [0, 0.1) is 5.92 Å². The SMILES string of the molecule is CNc1ccccc1CN1CCC(C(=O)OC(C)(C)C)C1. The number of ether oxygens (including phenoxy) is 1. The lowest BCUT2D eigenvalue weighted by Gasteiger charge is -2.22. The first-order chi connectivity index (χ1) is 9.89. The van der Waals surface area contributed by atoms with Gasteiger partial charge in [-0.1, -0.05) is 18.2 Å². The van der Waals surface area contributed by atoms with Gasteiger partial charge >= 0.3 is 5.97 Å². The third-order valence-electron chi connectivity index (χ3n) is 3.69. The molecular weight excluding hydrogens is 264 g/mol. The first kappa shape index (κ1) is 15.8. The molecule has 0 saturated carbocycles. The van der Waals surface area contributed by atoms with Crippen molar-refractivity contribution in [2.45, 2.75) is 39.3 Å². The normalized spacial score (nSPS) is 19.5. The highest BCUT2D eigenvalue weighted by molar-refractivity contribution is 5.73. The summed E-state index contributed by atoms with van der Waals surface area (Å²) >= 11 is 0. The smallest absolute Gasteiger partial charge is 0.310 e. The van der Waals surface area contributed by atoms with Crippen molar-refractivity contribution in [1.82, 2.24) is 4.90 Å². The number of hydrogen-bond acceptors (Lipinski definition) is 4. The fourth-order valence-electron chi connectivity index (χ4n) is 2.70. The standard InChI is InChI=1S/C17H26N2O2/c1-17(2,3)21-16(20)14-9-10-19(12-14)11-13-7-5-6-8-15(13)18-4/h5-8,14,18H,9-12H2,1-4H3. The van der Waals surface area contributed by atoms with Crippen molar-refractivity contribution in [3.05, 3.63) is 29.8 Å². The predicted molar refractivity (Wildman–Crippen MR) is 85.2 cm³/mol. The molecule has 1 saturated heterocycles. The highest BCUT2D eigenvalue weighted by Crippen LogP contribution is 2.24. The fourth-order valence-corrected chi connectivity index (χ4v) is 2.70. The number of likely N-dealkylation sites (tertiary alicyclic amines) is 1. The molecule has 1 aliphatic heterocycles. The average Bonchev–Trinajstić information content (AvgIpc) is 2.86. The Labute approximate surface area is 127 Å². The summed E-state index contributed by atoms with van der Waals surface area (Å²) in [7, 11) is 1.94. The van der Waals surface area contributed by atoms with E-state index in [1.165, 1.54) is 5.56 Å². The van der Waals surface area contributed by atoms with E-state index < -0.39 is 5.60 Å². The van der Waals surface area contributed by atoms with Crippen molar-refractivity contribution in [3.8, 4) is 0 Å². The van der Waals surface area contributed by atoms with Gasteiger partial charge in [0.25, 0.3) is 0 Å². The van der Waals surface area contributed by atoms with Crippen LogP contribution < -0.4 is 5.32 Å². The Morgan fingerprint density at radius 1 is 1.38 bits per heavy atom. The van der Waals surface area contributed by atoms with Crippen molar-refractivity contribution in [1.29, 1.82) is 0 Å². The van der Waals surface area contributed by atoms with Crippen molar-refractivity contribution in [2.75, 3.05) is 25.5 Å². The van der Waals surface area contributed by atoms with E-state index in [9.17, 15) is 4.79 Å². The van der Waals surface area contributed by atoms with Gasteiger partial charge in [0.05, 0.1) is 5.92 Å². The Hall–Kier alpha value is -1.55. The van der Waals surface area contributed by atoms with E-state index in [1.54, 1.807) is 0 Å². The lowest BCUT2D eigenvalue weighted by atomic mass is 10.1. The zero-order valence-corrected chi connectivity index (χ0v) is 13.5. The molecule has 4 heteroatoms. The molecule has 0 radical (unpaired) electrons. The number of nitrogens with zero attached hydrogens (tertiary/aromatic N) is 1. The van der Waals surface area contributed by atoms with Crippen LogP contribution in [0.15, 0.2) is 24.3 Å². The summed E-state index contributed by atoms with van der Waals surface area (Å²) in [6, 6.07) is 8.30. The molecule has 0 bridgehead atoms. The van der Waals surface area contributed by atoms with E-state index in [0.29, 0.717) is 0 Å². The number of carbonyl (C=O) groups excluding carboxylic acids is 1. The second-order valence-electron chi connectivity index (χ2n) is 6.66. The molecule has 1 fully saturated rings. The van der Waals surface area contributed by atoms with Crippen LogP contribution in [0.25, 0.3) is 0 Å². The molecule has 4 nitrogen and oxygen atoms in total. The van der Waals surface area contributed by atoms with Crippen LogP contribution in [0.4, 0.5) is 5.69 Å². The lowest BCUT2D eigenvalue weighted by molar-refractivity contribution is -0.159. The summed E-state index contributed by atoms with van der Waals surface area (Å²) in [6.45, 7) is 8.35. The van der Waals surface area contributed by atoms with Gasteiger partial charge < -0.3 is 10.1 Å². The quantitative estimate of drug-likeness (QED) is 0.866. The minimum absolute atomic E-state index is 0.00553. The van der Waals surface area contributed by atoms with Crippen molar-refractivity contribution in [3.63, 3.8) is 0 Å². The Bertz CT molecular complexity index is 494. The van der Waals surface area contributed by atoms with Gasteiger partial charge in [0.2, 0.25) is 0 Å². The molecule has 1 unspecified atom stereocenters. The number of rotatable bonds is 4. The molecule has 21 heavy (non-hydrogen) atoms. The van der Waals surface area contributed by atoms with Gasteiger partial charge in [-0.05, 0) is 45.4 Å². The van der Waals surface area contributed by atoms with E-state index in [0.717, 1.165) is 31.7 Å². The zero-order chi connectivity index (χ0) is 15.5. The van der Waals surface area contributed by atoms with Crippen LogP contribution >= 0.6 is 0 Å². The predicted octanol–water partition coefficient (Wildman–Crippen LogP) is 2.89. The van der Waals surface area contributed by atoms with E-state index in [1.807, 2.05) is 33.9 Å². The molecular formula is C17H26N2O2. The molecule has 1 atom stereocenters. The Kier molecular flexibility index (Phi) is 4.88. The van der Waals surface area contributed by atoms with Gasteiger partial charge in [0.1, 0.15) is 5.60 Å². The van der Waals surface area contributed by atoms with Gasteiger partial charge in [-0.15, -0.1) is 0 Å². The molecule has 1 N–H and O–H groups in total. The number of carbonyl (C=O) groups is 1. The summed E-state index contributed by atoms with van der Waals surface area (Å²) in [5, 5.41) is 3.22. The van der Waals surface area contributed by atoms with Gasteiger partial charge in [-0.3, -0.25) is 9.69 Å². The maximum absolute atomic E-state index is 12.1. The van der Waals surface area contributed by atoms with Crippen LogP contribution in [0.3, 0.4) is 0 Å². The second kappa shape index (κ2) is 6.48. The fraction of sp³-hybridized carbons (Fsp3) is 0.588. The van der Waals surface area contributed by atoms with Crippen molar-refractivity contribution < 1.29 is 9.53 Å². The first-order valence-corrected chi connectivity index (χ1v) is 7.60. The third kappa shape index (κ3) is 4.46. The molecule has 0 aromatic heterocycles. The topological polar surface area (TPSA) is 41.6 Å². The third-order valence-corrected chi connectivity index (χ3v) is 3.69.